The zero-order valence-electron chi connectivity index (χ0n) is 9.43. The zero-order chi connectivity index (χ0) is 12.1. The van der Waals surface area contributed by atoms with Gasteiger partial charge in [-0.05, 0) is 37.1 Å². The van der Waals surface area contributed by atoms with Gasteiger partial charge in [-0.2, -0.15) is 0 Å². The van der Waals surface area contributed by atoms with Gasteiger partial charge in [0.25, 0.3) is 0 Å². The van der Waals surface area contributed by atoms with Crippen molar-refractivity contribution in [2.45, 2.75) is 20.0 Å². The predicted molar refractivity (Wildman–Crippen MR) is 59.9 cm³/mol. The first-order valence-corrected chi connectivity index (χ1v) is 5.06. The topological polar surface area (TPSA) is 66.8 Å². The van der Waals surface area contributed by atoms with Crippen LogP contribution in [0.1, 0.15) is 21.5 Å². The SMILES string of the molecule is Cc1cc(C=O)cc(C)c1OCC(O)CO. The van der Waals surface area contributed by atoms with Crippen molar-refractivity contribution in [3.8, 4) is 5.75 Å². The average Bonchev–Trinajstić information content (AvgIpc) is 2.27. The van der Waals surface area contributed by atoms with Gasteiger partial charge in [0.15, 0.2) is 0 Å². The van der Waals surface area contributed by atoms with Crippen LogP contribution < -0.4 is 4.74 Å². The first kappa shape index (κ1) is 12.7. The lowest BCUT2D eigenvalue weighted by molar-refractivity contribution is 0.0531. The molecule has 0 fully saturated rings. The highest BCUT2D eigenvalue weighted by Gasteiger charge is 2.09. The summed E-state index contributed by atoms with van der Waals surface area (Å²) in [7, 11) is 0. The number of carbonyl (C=O) groups excluding carboxylic acids is 1. The number of aryl methyl sites for hydroxylation is 2. The molecule has 4 nitrogen and oxygen atoms in total. The molecule has 0 saturated heterocycles. The molecule has 1 rings (SSSR count). The number of hydrogen-bond acceptors (Lipinski definition) is 4. The van der Waals surface area contributed by atoms with Crippen LogP contribution in [0.15, 0.2) is 12.1 Å². The van der Waals surface area contributed by atoms with Crippen LogP contribution >= 0.6 is 0 Å². The summed E-state index contributed by atoms with van der Waals surface area (Å²) < 4.78 is 5.39. The molecule has 0 heterocycles. The Kier molecular flexibility index (Phi) is 4.46. The summed E-state index contributed by atoms with van der Waals surface area (Å²) in [5.41, 5.74) is 2.28. The van der Waals surface area contributed by atoms with Crippen molar-refractivity contribution in [2.24, 2.45) is 0 Å². The van der Waals surface area contributed by atoms with Crippen LogP contribution in [0.25, 0.3) is 0 Å². The van der Waals surface area contributed by atoms with Crippen molar-refractivity contribution >= 4 is 6.29 Å². The molecule has 0 spiro atoms. The van der Waals surface area contributed by atoms with Gasteiger partial charge < -0.3 is 14.9 Å². The molecule has 4 heteroatoms. The molecule has 16 heavy (non-hydrogen) atoms. The Morgan fingerprint density at radius 1 is 1.38 bits per heavy atom. The minimum absolute atomic E-state index is 0.0403. The molecule has 88 valence electrons. The Morgan fingerprint density at radius 2 is 1.94 bits per heavy atom. The van der Waals surface area contributed by atoms with E-state index in [9.17, 15) is 9.90 Å². The van der Waals surface area contributed by atoms with E-state index in [0.717, 1.165) is 17.4 Å². The van der Waals surface area contributed by atoms with E-state index < -0.39 is 6.10 Å². The first-order valence-electron chi connectivity index (χ1n) is 5.06. The summed E-state index contributed by atoms with van der Waals surface area (Å²) in [4.78, 5) is 10.6. The second-order valence-electron chi connectivity index (χ2n) is 3.75. The van der Waals surface area contributed by atoms with Crippen molar-refractivity contribution in [3.05, 3.63) is 28.8 Å². The van der Waals surface area contributed by atoms with Gasteiger partial charge in [-0.3, -0.25) is 4.79 Å². The number of aliphatic hydroxyl groups excluding tert-OH is 2. The van der Waals surface area contributed by atoms with Gasteiger partial charge in [0.1, 0.15) is 24.7 Å². The smallest absolute Gasteiger partial charge is 0.150 e. The second kappa shape index (κ2) is 5.63. The Bertz CT molecular complexity index is 350. The first-order chi connectivity index (χ1) is 7.58. The van der Waals surface area contributed by atoms with Crippen LogP contribution in [0.4, 0.5) is 0 Å². The molecule has 0 saturated carbocycles. The molecule has 1 aromatic carbocycles. The monoisotopic (exact) mass is 224 g/mol. The maximum atomic E-state index is 10.6. The fraction of sp³-hybridized carbons (Fsp3) is 0.417. The molecule has 0 aliphatic carbocycles. The number of ether oxygens (including phenoxy) is 1. The molecular weight excluding hydrogens is 208 g/mol. The molecule has 1 aromatic rings. The highest BCUT2D eigenvalue weighted by Crippen LogP contribution is 2.24. The largest absolute Gasteiger partial charge is 0.490 e. The van der Waals surface area contributed by atoms with E-state index in [1.165, 1.54) is 0 Å². The molecule has 0 bridgehead atoms. The van der Waals surface area contributed by atoms with Gasteiger partial charge in [-0.25, -0.2) is 0 Å². The Labute approximate surface area is 94.5 Å². The summed E-state index contributed by atoms with van der Waals surface area (Å²) >= 11 is 0. The molecule has 0 aromatic heterocycles. The Balaban J connectivity index is 2.84. The lowest BCUT2D eigenvalue weighted by Crippen LogP contribution is -2.21. The maximum Gasteiger partial charge on any atom is 0.150 e. The van der Waals surface area contributed by atoms with Gasteiger partial charge in [0.05, 0.1) is 6.61 Å². The van der Waals surface area contributed by atoms with Gasteiger partial charge in [-0.1, -0.05) is 0 Å². The van der Waals surface area contributed by atoms with Crippen molar-refractivity contribution in [2.75, 3.05) is 13.2 Å². The molecule has 2 N–H and O–H groups in total. The van der Waals surface area contributed by atoms with Crippen molar-refractivity contribution in [3.63, 3.8) is 0 Å². The minimum Gasteiger partial charge on any atom is -0.490 e. The highest BCUT2D eigenvalue weighted by molar-refractivity contribution is 5.76. The normalized spacial score (nSPS) is 12.2. The fourth-order valence-electron chi connectivity index (χ4n) is 1.51. The van der Waals surface area contributed by atoms with Crippen molar-refractivity contribution < 1.29 is 19.7 Å². The zero-order valence-corrected chi connectivity index (χ0v) is 9.43. The lowest BCUT2D eigenvalue weighted by atomic mass is 10.1. The van der Waals surface area contributed by atoms with E-state index >= 15 is 0 Å². The summed E-state index contributed by atoms with van der Waals surface area (Å²) in [6.07, 6.45) is -0.101. The van der Waals surface area contributed by atoms with E-state index in [0.29, 0.717) is 11.3 Å². The van der Waals surface area contributed by atoms with Crippen LogP contribution in [-0.4, -0.2) is 35.8 Å². The molecule has 0 aliphatic rings. The summed E-state index contributed by atoms with van der Waals surface area (Å²) in [5, 5.41) is 17.8. The fourth-order valence-corrected chi connectivity index (χ4v) is 1.51. The quantitative estimate of drug-likeness (QED) is 0.727. The van der Waals surface area contributed by atoms with Crippen LogP contribution in [0, 0.1) is 13.8 Å². The summed E-state index contributed by atoms with van der Waals surface area (Å²) in [5.74, 6) is 0.651. The van der Waals surface area contributed by atoms with E-state index in [-0.39, 0.29) is 13.2 Å². The molecule has 0 radical (unpaired) electrons. The van der Waals surface area contributed by atoms with Gasteiger partial charge in [0, 0.05) is 5.56 Å². The third kappa shape index (κ3) is 3.05. The summed E-state index contributed by atoms with van der Waals surface area (Å²) in [6.45, 7) is 3.38. The van der Waals surface area contributed by atoms with Crippen LogP contribution in [0.2, 0.25) is 0 Å². The van der Waals surface area contributed by atoms with Crippen LogP contribution in [0.3, 0.4) is 0 Å². The van der Waals surface area contributed by atoms with E-state index in [4.69, 9.17) is 9.84 Å². The molecule has 1 unspecified atom stereocenters. The standard InChI is InChI=1S/C12H16O4/c1-8-3-10(5-13)4-9(2)12(8)16-7-11(15)6-14/h3-5,11,14-15H,6-7H2,1-2H3. The molecule has 0 aliphatic heterocycles. The number of benzene rings is 1. The van der Waals surface area contributed by atoms with E-state index in [1.54, 1.807) is 12.1 Å². The molecular formula is C12H16O4. The van der Waals surface area contributed by atoms with E-state index in [2.05, 4.69) is 0 Å². The molecule has 0 amide bonds. The van der Waals surface area contributed by atoms with Gasteiger partial charge >= 0.3 is 0 Å². The van der Waals surface area contributed by atoms with Crippen molar-refractivity contribution in [1.82, 2.24) is 0 Å². The van der Waals surface area contributed by atoms with Crippen molar-refractivity contribution in [1.29, 1.82) is 0 Å². The number of hydrogen-bond donors (Lipinski definition) is 2. The summed E-state index contributed by atoms with van der Waals surface area (Å²) in [6, 6.07) is 3.45. The third-order valence-corrected chi connectivity index (χ3v) is 2.25. The maximum absolute atomic E-state index is 10.6. The minimum atomic E-state index is -0.885. The average molecular weight is 224 g/mol. The van der Waals surface area contributed by atoms with Gasteiger partial charge in [-0.15, -0.1) is 0 Å². The number of aliphatic hydroxyl groups is 2. The van der Waals surface area contributed by atoms with Gasteiger partial charge in [0.2, 0.25) is 0 Å². The molecule has 1 atom stereocenters. The van der Waals surface area contributed by atoms with Crippen LogP contribution in [-0.2, 0) is 0 Å². The predicted octanol–water partition coefficient (Wildman–Crippen LogP) is 0.848. The Hall–Kier alpha value is -1.39. The third-order valence-electron chi connectivity index (χ3n) is 2.25. The number of rotatable bonds is 5. The second-order valence-corrected chi connectivity index (χ2v) is 3.75. The highest BCUT2D eigenvalue weighted by atomic mass is 16.5. The van der Waals surface area contributed by atoms with Crippen LogP contribution in [0.5, 0.6) is 5.75 Å². The Morgan fingerprint density at radius 3 is 2.38 bits per heavy atom. The van der Waals surface area contributed by atoms with E-state index in [1.807, 2.05) is 13.8 Å². The lowest BCUT2D eigenvalue weighted by Gasteiger charge is -2.14. The number of carbonyl (C=O) groups is 1. The number of aldehydes is 1.